The fraction of sp³-hybridized carbons (Fsp3) is 0.588. The summed E-state index contributed by atoms with van der Waals surface area (Å²) in [5, 5.41) is 10.3. The Morgan fingerprint density at radius 3 is 2.00 bits per heavy atom. The zero-order chi connectivity index (χ0) is 14.1. The summed E-state index contributed by atoms with van der Waals surface area (Å²) in [4.78, 5) is 10.2. The van der Waals surface area contributed by atoms with Crippen molar-refractivity contribution in [2.75, 3.05) is 0 Å². The van der Waals surface area contributed by atoms with Gasteiger partial charge in [0, 0.05) is 12.8 Å². The maximum absolute atomic E-state index is 10.3. The van der Waals surface area contributed by atoms with Gasteiger partial charge in [-0.05, 0) is 18.4 Å². The van der Waals surface area contributed by atoms with Crippen molar-refractivity contribution in [3.05, 3.63) is 35.9 Å². The molecule has 1 saturated carbocycles. The summed E-state index contributed by atoms with van der Waals surface area (Å²) < 4.78 is 0. The Morgan fingerprint density at radius 1 is 1.05 bits per heavy atom. The monoisotopic (exact) mass is 262 g/mol. The fourth-order valence-electron chi connectivity index (χ4n) is 2.42. The van der Waals surface area contributed by atoms with Crippen molar-refractivity contribution in [3.8, 4) is 0 Å². The highest BCUT2D eigenvalue weighted by molar-refractivity contribution is 5.77. The molecule has 1 aliphatic rings. The van der Waals surface area contributed by atoms with E-state index in [2.05, 4.69) is 0 Å². The maximum atomic E-state index is 10.3. The van der Waals surface area contributed by atoms with Crippen LogP contribution in [-0.2, 0) is 10.4 Å². The molecule has 0 bridgehead atoms. The van der Waals surface area contributed by atoms with Crippen LogP contribution in [0, 0.1) is 0 Å². The molecule has 0 atom stereocenters. The molecule has 2 heteroatoms. The van der Waals surface area contributed by atoms with Crippen LogP contribution in [-0.4, -0.2) is 10.9 Å². The normalized spacial score (nSPS) is 17.2. The van der Waals surface area contributed by atoms with Crippen molar-refractivity contribution in [2.45, 2.75) is 64.4 Å². The highest BCUT2D eigenvalue weighted by Crippen LogP contribution is 2.36. The number of carbonyl (C=O) groups is 1. The topological polar surface area (TPSA) is 37.3 Å². The van der Waals surface area contributed by atoms with E-state index in [1.165, 1.54) is 6.42 Å². The van der Waals surface area contributed by atoms with E-state index in [4.69, 9.17) is 0 Å². The number of benzene rings is 1. The summed E-state index contributed by atoms with van der Waals surface area (Å²) in [6, 6.07) is 10.1. The molecule has 0 aromatic heterocycles. The van der Waals surface area contributed by atoms with Crippen LogP contribution in [0.2, 0.25) is 0 Å². The zero-order valence-electron chi connectivity index (χ0n) is 12.2. The van der Waals surface area contributed by atoms with E-state index in [0.717, 1.165) is 31.2 Å². The second-order valence-corrected chi connectivity index (χ2v) is 5.20. The minimum atomic E-state index is -0.528. The molecule has 0 unspecified atom stereocenters. The average molecular weight is 262 g/mol. The summed E-state index contributed by atoms with van der Waals surface area (Å²) in [6.45, 7) is 3.76. The Bertz CT molecular complexity index is 358. The smallest absolute Gasteiger partial charge is 0.132 e. The van der Waals surface area contributed by atoms with Crippen LogP contribution in [0.15, 0.2) is 30.3 Å². The molecule has 0 heterocycles. The first-order chi connectivity index (χ1) is 9.12. The van der Waals surface area contributed by atoms with E-state index in [9.17, 15) is 9.90 Å². The fourth-order valence-corrected chi connectivity index (χ4v) is 2.42. The van der Waals surface area contributed by atoms with Crippen molar-refractivity contribution >= 4 is 5.78 Å². The lowest BCUT2D eigenvalue weighted by atomic mass is 9.80. The predicted octanol–water partition coefficient (Wildman–Crippen LogP) is 4.21. The van der Waals surface area contributed by atoms with Crippen LogP contribution in [0.3, 0.4) is 0 Å². The van der Waals surface area contributed by atoms with Crippen molar-refractivity contribution in [3.63, 3.8) is 0 Å². The van der Waals surface area contributed by atoms with Gasteiger partial charge in [-0.15, -0.1) is 0 Å². The third-order valence-corrected chi connectivity index (χ3v) is 3.78. The molecule has 1 aliphatic carbocycles. The Labute approximate surface area is 116 Å². The van der Waals surface area contributed by atoms with Crippen molar-refractivity contribution < 1.29 is 9.90 Å². The van der Waals surface area contributed by atoms with E-state index in [-0.39, 0.29) is 0 Å². The molecule has 0 aliphatic heterocycles. The van der Waals surface area contributed by atoms with Gasteiger partial charge in [-0.25, -0.2) is 0 Å². The van der Waals surface area contributed by atoms with Gasteiger partial charge in [-0.1, -0.05) is 63.4 Å². The highest BCUT2D eigenvalue weighted by atomic mass is 16.3. The molecule has 0 radical (unpaired) electrons. The molecule has 106 valence electrons. The number of hydrogen-bond donors (Lipinski definition) is 1. The molecule has 2 rings (SSSR count). The van der Waals surface area contributed by atoms with Crippen molar-refractivity contribution in [1.82, 2.24) is 0 Å². The SMILES string of the molecule is CCC(=O)CC.OC1(c2ccccc2)CCCCC1. The zero-order valence-corrected chi connectivity index (χ0v) is 12.2. The quantitative estimate of drug-likeness (QED) is 0.885. The van der Waals surface area contributed by atoms with Crippen LogP contribution in [0.1, 0.15) is 64.4 Å². The van der Waals surface area contributed by atoms with E-state index in [0.29, 0.717) is 18.6 Å². The first-order valence-electron chi connectivity index (χ1n) is 7.42. The minimum absolute atomic E-state index is 0.343. The van der Waals surface area contributed by atoms with Gasteiger partial charge < -0.3 is 5.11 Å². The third-order valence-electron chi connectivity index (χ3n) is 3.78. The van der Waals surface area contributed by atoms with Crippen LogP contribution in [0.5, 0.6) is 0 Å². The average Bonchev–Trinajstić information content (AvgIpc) is 2.49. The number of hydrogen-bond acceptors (Lipinski definition) is 2. The van der Waals surface area contributed by atoms with Crippen LogP contribution >= 0.6 is 0 Å². The highest BCUT2D eigenvalue weighted by Gasteiger charge is 2.30. The molecule has 0 spiro atoms. The summed E-state index contributed by atoms with van der Waals surface area (Å²) in [6.07, 6.45) is 6.83. The van der Waals surface area contributed by atoms with E-state index in [1.807, 2.05) is 44.2 Å². The van der Waals surface area contributed by atoms with Crippen LogP contribution in [0.25, 0.3) is 0 Å². The Morgan fingerprint density at radius 2 is 1.58 bits per heavy atom. The van der Waals surface area contributed by atoms with E-state index >= 15 is 0 Å². The Kier molecular flexibility index (Phi) is 6.79. The van der Waals surface area contributed by atoms with E-state index < -0.39 is 5.60 Å². The molecule has 0 saturated heterocycles. The number of carbonyl (C=O) groups excluding carboxylic acids is 1. The number of ketones is 1. The Hall–Kier alpha value is -1.15. The van der Waals surface area contributed by atoms with Gasteiger partial charge in [0.25, 0.3) is 0 Å². The summed E-state index contributed by atoms with van der Waals surface area (Å²) >= 11 is 0. The molecule has 19 heavy (non-hydrogen) atoms. The minimum Gasteiger partial charge on any atom is -0.385 e. The van der Waals surface area contributed by atoms with Gasteiger partial charge in [0.05, 0.1) is 5.60 Å². The van der Waals surface area contributed by atoms with Gasteiger partial charge in [0.15, 0.2) is 0 Å². The van der Waals surface area contributed by atoms with Crippen LogP contribution in [0.4, 0.5) is 0 Å². The lowest BCUT2D eigenvalue weighted by Gasteiger charge is -2.32. The van der Waals surface area contributed by atoms with Crippen molar-refractivity contribution in [2.24, 2.45) is 0 Å². The molecular formula is C17H26O2. The number of rotatable bonds is 3. The summed E-state index contributed by atoms with van der Waals surface area (Å²) in [5.41, 5.74) is 0.564. The maximum Gasteiger partial charge on any atom is 0.132 e. The van der Waals surface area contributed by atoms with Gasteiger partial charge in [-0.2, -0.15) is 0 Å². The van der Waals surface area contributed by atoms with E-state index in [1.54, 1.807) is 0 Å². The summed E-state index contributed by atoms with van der Waals surface area (Å²) in [5.74, 6) is 0.343. The molecule has 2 nitrogen and oxygen atoms in total. The molecule has 1 aromatic rings. The van der Waals surface area contributed by atoms with Gasteiger partial charge >= 0.3 is 0 Å². The second-order valence-electron chi connectivity index (χ2n) is 5.20. The Balaban J connectivity index is 0.000000258. The lowest BCUT2D eigenvalue weighted by molar-refractivity contribution is -0.118. The molecule has 1 fully saturated rings. The van der Waals surface area contributed by atoms with Crippen LogP contribution < -0.4 is 0 Å². The lowest BCUT2D eigenvalue weighted by Crippen LogP contribution is -2.28. The first-order valence-corrected chi connectivity index (χ1v) is 7.42. The third kappa shape index (κ3) is 5.15. The summed E-state index contributed by atoms with van der Waals surface area (Å²) in [7, 11) is 0. The molecule has 1 N–H and O–H groups in total. The predicted molar refractivity (Wildman–Crippen MR) is 79.0 cm³/mol. The molecular weight excluding hydrogens is 236 g/mol. The molecule has 1 aromatic carbocycles. The van der Waals surface area contributed by atoms with Gasteiger partial charge in [0.1, 0.15) is 5.78 Å². The number of aliphatic hydroxyl groups is 1. The standard InChI is InChI=1S/C12H16O.C5H10O/c13-12(9-5-2-6-10-12)11-7-3-1-4-8-11;1-3-5(6)4-2/h1,3-4,7-8,13H,2,5-6,9-10H2;3-4H2,1-2H3. The van der Waals surface area contributed by atoms with Gasteiger partial charge in [0.2, 0.25) is 0 Å². The largest absolute Gasteiger partial charge is 0.385 e. The number of Topliss-reactive ketones (excluding diaryl/α,β-unsaturated/α-hetero) is 1. The first kappa shape index (κ1) is 15.9. The second kappa shape index (κ2) is 8.11. The van der Waals surface area contributed by atoms with Crippen molar-refractivity contribution in [1.29, 1.82) is 0 Å². The van der Waals surface area contributed by atoms with Gasteiger partial charge in [-0.3, -0.25) is 4.79 Å². The molecule has 0 amide bonds.